The van der Waals surface area contributed by atoms with E-state index in [-0.39, 0.29) is 17.7 Å². The Morgan fingerprint density at radius 3 is 3.29 bits per heavy atom. The van der Waals surface area contributed by atoms with Gasteiger partial charge < -0.3 is 19.7 Å². The molecule has 3 heterocycles. The van der Waals surface area contributed by atoms with Gasteiger partial charge in [-0.25, -0.2) is 9.97 Å². The molecule has 2 N–H and O–H groups in total. The Morgan fingerprint density at radius 1 is 1.67 bits per heavy atom. The monoisotopic (exact) mass is 293 g/mol. The minimum absolute atomic E-state index is 0.195. The van der Waals surface area contributed by atoms with Crippen LogP contribution in [-0.2, 0) is 9.57 Å². The first-order valence-corrected chi connectivity index (χ1v) is 6.11. The summed E-state index contributed by atoms with van der Waals surface area (Å²) in [5.74, 6) is 0. The number of H-pyrrole nitrogens is 1. The lowest BCUT2D eigenvalue weighted by atomic mass is 10.2. The summed E-state index contributed by atoms with van der Waals surface area (Å²) < 4.78 is 7.20. The molecule has 0 spiro atoms. The Kier molecular flexibility index (Phi) is 3.44. The van der Waals surface area contributed by atoms with Gasteiger partial charge >= 0.3 is 0 Å². The van der Waals surface area contributed by atoms with E-state index in [1.165, 1.54) is 12.7 Å². The molecule has 11 heteroatoms. The third-order valence-corrected chi connectivity index (χ3v) is 3.25. The fraction of sp³-hybridized carbons (Fsp3) is 0.500. The van der Waals surface area contributed by atoms with Crippen molar-refractivity contribution in [2.75, 3.05) is 6.61 Å². The Labute approximate surface area is 116 Å². The van der Waals surface area contributed by atoms with Gasteiger partial charge in [-0.05, 0) is 5.53 Å². The largest absolute Gasteiger partial charge is 0.427 e. The number of nitrogens with one attached hydrogen (secondary N) is 1. The van der Waals surface area contributed by atoms with Crippen molar-refractivity contribution in [3.63, 3.8) is 0 Å². The topological polar surface area (TPSA) is 151 Å². The molecule has 0 aliphatic carbocycles. The standard InChI is InChI=1S/C10H11N7O4/c11-15-16-21-5-1-7(20-6(5)2-18)17-4-14-8-9(17)12-3-13-10(8)19/h3-7,18H,1-2H2,(H,12,13,19)/t5-,6+,7+/m0/s1. The first-order valence-electron chi connectivity index (χ1n) is 6.11. The predicted molar refractivity (Wildman–Crippen MR) is 67.8 cm³/mol. The Hall–Kier alpha value is -2.62. The van der Waals surface area contributed by atoms with Gasteiger partial charge in [0.1, 0.15) is 23.7 Å². The van der Waals surface area contributed by atoms with Crippen molar-refractivity contribution in [1.29, 1.82) is 0 Å². The number of imidazole rings is 1. The normalized spacial score (nSPS) is 24.9. The van der Waals surface area contributed by atoms with Crippen LogP contribution in [0.5, 0.6) is 0 Å². The van der Waals surface area contributed by atoms with Crippen LogP contribution in [0.2, 0.25) is 0 Å². The van der Waals surface area contributed by atoms with Gasteiger partial charge in [-0.15, -0.1) is 0 Å². The summed E-state index contributed by atoms with van der Waals surface area (Å²) in [7, 11) is 0. The van der Waals surface area contributed by atoms with Gasteiger partial charge in [0, 0.05) is 11.3 Å². The minimum Gasteiger partial charge on any atom is -0.427 e. The summed E-state index contributed by atoms with van der Waals surface area (Å²) in [5.41, 5.74) is 8.49. The number of ether oxygens (including phenoxy) is 1. The Bertz CT molecular complexity index is 749. The van der Waals surface area contributed by atoms with Crippen LogP contribution >= 0.6 is 0 Å². The number of aliphatic hydroxyl groups excluding tert-OH is 1. The molecule has 2 aromatic rings. The molecule has 1 saturated heterocycles. The molecule has 11 nitrogen and oxygen atoms in total. The average Bonchev–Trinajstić information content (AvgIpc) is 3.09. The average molecular weight is 293 g/mol. The molecular weight excluding hydrogens is 282 g/mol. The second-order valence-corrected chi connectivity index (χ2v) is 4.42. The quantitative estimate of drug-likeness (QED) is 0.350. The lowest BCUT2D eigenvalue weighted by molar-refractivity contribution is -0.0608. The number of hydrogen-bond acceptors (Lipinski definition) is 7. The molecule has 2 aromatic heterocycles. The lowest BCUT2D eigenvalue weighted by Gasteiger charge is -2.13. The van der Waals surface area contributed by atoms with E-state index in [0.717, 1.165) is 0 Å². The smallest absolute Gasteiger partial charge is 0.278 e. The first kappa shape index (κ1) is 13.4. The summed E-state index contributed by atoms with van der Waals surface area (Å²) in [4.78, 5) is 29.5. The van der Waals surface area contributed by atoms with E-state index < -0.39 is 18.4 Å². The van der Waals surface area contributed by atoms with Crippen LogP contribution in [0.25, 0.3) is 21.6 Å². The van der Waals surface area contributed by atoms with E-state index in [0.29, 0.717) is 12.1 Å². The van der Waals surface area contributed by atoms with Crippen LogP contribution in [0.3, 0.4) is 0 Å². The van der Waals surface area contributed by atoms with Crippen LogP contribution in [0.15, 0.2) is 22.7 Å². The van der Waals surface area contributed by atoms with Crippen LogP contribution in [-0.4, -0.2) is 43.4 Å². The maximum Gasteiger partial charge on any atom is 0.278 e. The fourth-order valence-electron chi connectivity index (χ4n) is 2.30. The Balaban J connectivity index is 1.91. The highest BCUT2D eigenvalue weighted by molar-refractivity contribution is 5.68. The molecule has 3 rings (SSSR count). The summed E-state index contributed by atoms with van der Waals surface area (Å²) in [5, 5.41) is 12.3. The number of fused-ring (bicyclic) bond motifs is 1. The van der Waals surface area contributed by atoms with Gasteiger partial charge in [-0.1, -0.05) is 0 Å². The number of aromatic nitrogens is 4. The molecule has 1 aliphatic rings. The number of azide groups is 1. The van der Waals surface area contributed by atoms with Gasteiger partial charge in [0.2, 0.25) is 0 Å². The van der Waals surface area contributed by atoms with E-state index >= 15 is 0 Å². The van der Waals surface area contributed by atoms with E-state index in [2.05, 4.69) is 25.1 Å². The number of aromatic amines is 1. The molecule has 0 aromatic carbocycles. The maximum atomic E-state index is 11.6. The van der Waals surface area contributed by atoms with E-state index in [9.17, 15) is 9.90 Å². The van der Waals surface area contributed by atoms with E-state index in [4.69, 9.17) is 15.1 Å². The maximum absolute atomic E-state index is 11.6. The third kappa shape index (κ3) is 2.29. The van der Waals surface area contributed by atoms with E-state index in [1.807, 2.05) is 0 Å². The van der Waals surface area contributed by atoms with Gasteiger partial charge in [0.25, 0.3) is 5.56 Å². The summed E-state index contributed by atoms with van der Waals surface area (Å²) in [6.07, 6.45) is 1.28. The summed E-state index contributed by atoms with van der Waals surface area (Å²) >= 11 is 0. The zero-order valence-corrected chi connectivity index (χ0v) is 10.7. The molecule has 0 amide bonds. The van der Waals surface area contributed by atoms with Crippen LogP contribution in [0.1, 0.15) is 12.6 Å². The molecule has 1 fully saturated rings. The van der Waals surface area contributed by atoms with Crippen molar-refractivity contribution >= 4 is 11.2 Å². The van der Waals surface area contributed by atoms with Gasteiger partial charge in [0.15, 0.2) is 11.2 Å². The molecular formula is C10H11N7O4. The molecule has 21 heavy (non-hydrogen) atoms. The predicted octanol–water partition coefficient (Wildman–Crippen LogP) is 0.00990. The van der Waals surface area contributed by atoms with Gasteiger partial charge in [0.05, 0.1) is 19.3 Å². The molecule has 110 valence electrons. The van der Waals surface area contributed by atoms with Crippen LogP contribution in [0.4, 0.5) is 0 Å². The number of aliphatic hydroxyl groups is 1. The van der Waals surface area contributed by atoms with Crippen molar-refractivity contribution in [2.24, 2.45) is 5.28 Å². The van der Waals surface area contributed by atoms with Gasteiger partial charge in [-0.3, -0.25) is 9.36 Å². The molecule has 1 aliphatic heterocycles. The lowest BCUT2D eigenvalue weighted by Crippen LogP contribution is -2.26. The van der Waals surface area contributed by atoms with Crippen molar-refractivity contribution in [3.8, 4) is 0 Å². The Morgan fingerprint density at radius 2 is 2.52 bits per heavy atom. The second-order valence-electron chi connectivity index (χ2n) is 4.42. The molecule has 3 atom stereocenters. The first-order chi connectivity index (χ1) is 10.2. The zero-order valence-electron chi connectivity index (χ0n) is 10.7. The highest BCUT2D eigenvalue weighted by Crippen LogP contribution is 2.32. The zero-order chi connectivity index (χ0) is 14.8. The molecule has 0 bridgehead atoms. The highest BCUT2D eigenvalue weighted by atomic mass is 16.7. The third-order valence-electron chi connectivity index (χ3n) is 3.25. The number of rotatable bonds is 4. The fourth-order valence-corrected chi connectivity index (χ4v) is 2.30. The SMILES string of the molecule is [N-]=[N+]=NO[C@H]1C[C@H](n2cnc3c(=O)[nH]cnc32)O[C@@H]1CO. The number of hydrogen-bond donors (Lipinski definition) is 2. The minimum atomic E-state index is -0.639. The summed E-state index contributed by atoms with van der Waals surface area (Å²) in [6.45, 7) is -0.289. The van der Waals surface area contributed by atoms with Crippen LogP contribution < -0.4 is 5.56 Å². The van der Waals surface area contributed by atoms with Crippen molar-refractivity contribution in [1.82, 2.24) is 19.5 Å². The highest BCUT2D eigenvalue weighted by Gasteiger charge is 2.38. The van der Waals surface area contributed by atoms with Gasteiger partial charge in [-0.2, -0.15) is 0 Å². The van der Waals surface area contributed by atoms with E-state index in [1.54, 1.807) is 4.57 Å². The van der Waals surface area contributed by atoms with Crippen LogP contribution in [0, 0.1) is 0 Å². The molecule has 0 unspecified atom stereocenters. The summed E-state index contributed by atoms with van der Waals surface area (Å²) in [6, 6.07) is 0. The van der Waals surface area contributed by atoms with Crippen molar-refractivity contribution in [2.45, 2.75) is 24.9 Å². The molecule has 0 saturated carbocycles. The number of nitrogens with zero attached hydrogens (tertiary/aromatic N) is 6. The van der Waals surface area contributed by atoms with Crippen molar-refractivity contribution in [3.05, 3.63) is 33.5 Å². The molecule has 0 radical (unpaired) electrons. The second kappa shape index (κ2) is 5.40. The van der Waals surface area contributed by atoms with Crippen molar-refractivity contribution < 1.29 is 14.7 Å².